The molecule has 0 spiro atoms. The molecule has 2 N–H and O–H groups in total. The smallest absolute Gasteiger partial charge is 0.119 e. The summed E-state index contributed by atoms with van der Waals surface area (Å²) >= 11 is 0. The van der Waals surface area contributed by atoms with Gasteiger partial charge in [-0.1, -0.05) is 42.2 Å². The van der Waals surface area contributed by atoms with E-state index < -0.39 is 0 Å². The third-order valence-corrected chi connectivity index (χ3v) is 2.91. The van der Waals surface area contributed by atoms with Crippen molar-refractivity contribution in [3.05, 3.63) is 65.7 Å². The molecule has 0 aliphatic heterocycles. The molecule has 20 heavy (non-hydrogen) atoms. The number of aryl methyl sites for hydroxylation is 1. The molecular weight excluding hydrogens is 246 g/mol. The maximum absolute atomic E-state index is 5.71. The Morgan fingerprint density at radius 2 is 1.70 bits per heavy atom. The van der Waals surface area contributed by atoms with E-state index in [1.165, 1.54) is 5.56 Å². The van der Waals surface area contributed by atoms with Gasteiger partial charge in [0.25, 0.3) is 0 Å². The summed E-state index contributed by atoms with van der Waals surface area (Å²) in [5.74, 6) is 6.71. The zero-order valence-electron chi connectivity index (χ0n) is 11.5. The highest BCUT2D eigenvalue weighted by molar-refractivity contribution is 5.38. The summed E-state index contributed by atoms with van der Waals surface area (Å²) in [6.45, 7) is 1.11. The quantitative estimate of drug-likeness (QED) is 0.666. The van der Waals surface area contributed by atoms with E-state index in [9.17, 15) is 0 Å². The van der Waals surface area contributed by atoms with Gasteiger partial charge in [-0.3, -0.25) is 0 Å². The van der Waals surface area contributed by atoms with Gasteiger partial charge in [-0.25, -0.2) is 0 Å². The minimum atomic E-state index is 0.387. The summed E-state index contributed by atoms with van der Waals surface area (Å²) in [6.07, 6.45) is 2.06. The maximum Gasteiger partial charge on any atom is 0.119 e. The molecule has 0 bridgehead atoms. The number of hydrogen-bond donors (Lipinski definition) is 1. The summed E-state index contributed by atoms with van der Waals surface area (Å²) < 4.78 is 5.71. The Kier molecular flexibility index (Phi) is 5.70. The molecule has 102 valence electrons. The largest absolute Gasteiger partial charge is 0.494 e. The van der Waals surface area contributed by atoms with E-state index in [0.29, 0.717) is 6.54 Å². The molecule has 0 saturated carbocycles. The summed E-state index contributed by atoms with van der Waals surface area (Å²) in [6, 6.07) is 18.3. The minimum absolute atomic E-state index is 0.387. The highest BCUT2D eigenvalue weighted by Gasteiger charge is 1.95. The Labute approximate surface area is 120 Å². The van der Waals surface area contributed by atoms with E-state index in [4.69, 9.17) is 10.5 Å². The monoisotopic (exact) mass is 265 g/mol. The van der Waals surface area contributed by atoms with Crippen molar-refractivity contribution >= 4 is 0 Å². The van der Waals surface area contributed by atoms with Crippen molar-refractivity contribution in [2.24, 2.45) is 5.73 Å². The van der Waals surface area contributed by atoms with Gasteiger partial charge in [-0.15, -0.1) is 0 Å². The van der Waals surface area contributed by atoms with Crippen LogP contribution in [0.15, 0.2) is 54.6 Å². The van der Waals surface area contributed by atoms with E-state index in [2.05, 4.69) is 36.1 Å². The van der Waals surface area contributed by atoms with Gasteiger partial charge in [0.2, 0.25) is 0 Å². The van der Waals surface area contributed by atoms with E-state index in [-0.39, 0.29) is 0 Å². The lowest BCUT2D eigenvalue weighted by Gasteiger charge is -2.06. The summed E-state index contributed by atoms with van der Waals surface area (Å²) in [5, 5.41) is 0. The molecule has 0 fully saturated rings. The van der Waals surface area contributed by atoms with Crippen LogP contribution >= 0.6 is 0 Å². The molecule has 2 aromatic carbocycles. The van der Waals surface area contributed by atoms with Crippen LogP contribution in [-0.2, 0) is 6.42 Å². The van der Waals surface area contributed by atoms with Crippen molar-refractivity contribution in [3.8, 4) is 17.6 Å². The highest BCUT2D eigenvalue weighted by atomic mass is 16.5. The molecule has 0 aromatic heterocycles. The first-order valence-electron chi connectivity index (χ1n) is 6.84. The van der Waals surface area contributed by atoms with Crippen molar-refractivity contribution in [3.63, 3.8) is 0 Å². The van der Waals surface area contributed by atoms with E-state index in [1.807, 2.05) is 30.3 Å². The summed E-state index contributed by atoms with van der Waals surface area (Å²) in [5.41, 5.74) is 7.65. The maximum atomic E-state index is 5.71. The molecule has 0 heterocycles. The van der Waals surface area contributed by atoms with Gasteiger partial charge in [-0.05, 0) is 42.7 Å². The standard InChI is InChI=1S/C18H19NO/c19-14-4-8-17-10-12-18(13-11-17)20-15-5-9-16-6-2-1-3-7-16/h1-3,6-7,10-13H,5,9,14-15,19H2. The van der Waals surface area contributed by atoms with Crippen LogP contribution in [0.3, 0.4) is 0 Å². The summed E-state index contributed by atoms with van der Waals surface area (Å²) in [7, 11) is 0. The van der Waals surface area contributed by atoms with Gasteiger partial charge < -0.3 is 10.5 Å². The van der Waals surface area contributed by atoms with E-state index in [0.717, 1.165) is 30.8 Å². The molecule has 0 saturated heterocycles. The molecular formula is C18H19NO. The Bertz CT molecular complexity index is 564. The number of ether oxygens (including phenoxy) is 1. The highest BCUT2D eigenvalue weighted by Crippen LogP contribution is 2.12. The van der Waals surface area contributed by atoms with Crippen molar-refractivity contribution in [1.29, 1.82) is 0 Å². The van der Waals surface area contributed by atoms with Crippen molar-refractivity contribution in [2.45, 2.75) is 12.8 Å². The number of nitrogens with two attached hydrogens (primary N) is 1. The van der Waals surface area contributed by atoms with Crippen LogP contribution in [0.4, 0.5) is 0 Å². The normalized spacial score (nSPS) is 9.65. The fraction of sp³-hybridized carbons (Fsp3) is 0.222. The fourth-order valence-electron chi connectivity index (χ4n) is 1.90. The molecule has 2 aromatic rings. The summed E-state index contributed by atoms with van der Waals surface area (Å²) in [4.78, 5) is 0. The molecule has 0 radical (unpaired) electrons. The van der Waals surface area contributed by atoms with Crippen molar-refractivity contribution < 1.29 is 4.74 Å². The fourth-order valence-corrected chi connectivity index (χ4v) is 1.90. The van der Waals surface area contributed by atoms with Crippen LogP contribution in [0.5, 0.6) is 5.75 Å². The minimum Gasteiger partial charge on any atom is -0.494 e. The first kappa shape index (κ1) is 14.2. The second kappa shape index (κ2) is 8.04. The molecule has 0 unspecified atom stereocenters. The Morgan fingerprint density at radius 3 is 2.40 bits per heavy atom. The lowest BCUT2D eigenvalue weighted by atomic mass is 10.1. The second-order valence-corrected chi connectivity index (χ2v) is 4.47. The second-order valence-electron chi connectivity index (χ2n) is 4.47. The third kappa shape index (κ3) is 4.79. The zero-order chi connectivity index (χ0) is 14.0. The molecule has 0 amide bonds. The van der Waals surface area contributed by atoms with Crippen LogP contribution in [0.25, 0.3) is 0 Å². The molecule has 2 heteroatoms. The van der Waals surface area contributed by atoms with Gasteiger partial charge >= 0.3 is 0 Å². The van der Waals surface area contributed by atoms with Crippen molar-refractivity contribution in [2.75, 3.05) is 13.2 Å². The lowest BCUT2D eigenvalue weighted by molar-refractivity contribution is 0.311. The third-order valence-electron chi connectivity index (χ3n) is 2.91. The molecule has 2 rings (SSSR count). The molecule has 0 aliphatic carbocycles. The van der Waals surface area contributed by atoms with Gasteiger partial charge in [0, 0.05) is 5.56 Å². The van der Waals surface area contributed by atoms with Crippen molar-refractivity contribution in [1.82, 2.24) is 0 Å². The van der Waals surface area contributed by atoms with Gasteiger partial charge in [0.05, 0.1) is 13.2 Å². The first-order valence-corrected chi connectivity index (χ1v) is 6.84. The van der Waals surface area contributed by atoms with Crippen LogP contribution in [0.2, 0.25) is 0 Å². The Hall–Kier alpha value is -2.24. The number of benzene rings is 2. The average molecular weight is 265 g/mol. The molecule has 2 nitrogen and oxygen atoms in total. The lowest BCUT2D eigenvalue weighted by Crippen LogP contribution is -1.99. The topological polar surface area (TPSA) is 35.2 Å². The van der Waals surface area contributed by atoms with E-state index >= 15 is 0 Å². The van der Waals surface area contributed by atoms with Gasteiger partial charge in [-0.2, -0.15) is 0 Å². The average Bonchev–Trinajstić information content (AvgIpc) is 2.52. The van der Waals surface area contributed by atoms with Crippen LogP contribution in [-0.4, -0.2) is 13.2 Å². The molecule has 0 aliphatic rings. The zero-order valence-corrected chi connectivity index (χ0v) is 11.5. The SMILES string of the molecule is NCC#Cc1ccc(OCCCc2ccccc2)cc1. The predicted octanol–water partition coefficient (Wildman–Crippen LogP) is 3.01. The number of hydrogen-bond acceptors (Lipinski definition) is 2. The number of rotatable bonds is 5. The van der Waals surface area contributed by atoms with Crippen LogP contribution in [0.1, 0.15) is 17.5 Å². The van der Waals surface area contributed by atoms with Gasteiger partial charge in [0.1, 0.15) is 5.75 Å². The van der Waals surface area contributed by atoms with Crippen LogP contribution < -0.4 is 10.5 Å². The predicted molar refractivity (Wildman–Crippen MR) is 82.6 cm³/mol. The molecule has 0 atom stereocenters. The van der Waals surface area contributed by atoms with Crippen LogP contribution in [0, 0.1) is 11.8 Å². The Morgan fingerprint density at radius 1 is 0.950 bits per heavy atom. The first-order chi connectivity index (χ1) is 9.88. The van der Waals surface area contributed by atoms with E-state index in [1.54, 1.807) is 0 Å². The Balaban J connectivity index is 1.74. The van der Waals surface area contributed by atoms with Gasteiger partial charge in [0.15, 0.2) is 0 Å².